The molecule has 2 rings (SSSR count). The maximum Gasteiger partial charge on any atom is 0.251 e. The maximum atomic E-state index is 11.9. The fourth-order valence-corrected chi connectivity index (χ4v) is 2.22. The molecular weight excluding hydrogens is 310 g/mol. The van der Waals surface area contributed by atoms with E-state index in [0.29, 0.717) is 12.1 Å². The van der Waals surface area contributed by atoms with Gasteiger partial charge in [0.25, 0.3) is 5.91 Å². The Morgan fingerprint density at radius 3 is 2.67 bits per heavy atom. The summed E-state index contributed by atoms with van der Waals surface area (Å²) < 4.78 is 0.994. The minimum atomic E-state index is -0.0957. The van der Waals surface area contributed by atoms with Gasteiger partial charge >= 0.3 is 0 Å². The first-order chi connectivity index (χ1) is 8.66. The Hall–Kier alpha value is -1.26. The minimum absolute atomic E-state index is 0.0957. The summed E-state index contributed by atoms with van der Waals surface area (Å²) in [5.41, 5.74) is 1.67. The molecule has 0 fully saturated rings. The molecule has 1 N–H and O–H groups in total. The number of carbonyl (C=O) groups excluding carboxylic acids is 1. The highest BCUT2D eigenvalue weighted by Crippen LogP contribution is 2.15. The van der Waals surface area contributed by atoms with Crippen molar-refractivity contribution in [1.29, 1.82) is 0 Å². The molecule has 4 heteroatoms. The smallest absolute Gasteiger partial charge is 0.251 e. The Balaban J connectivity index is 2.03. The molecule has 0 saturated heterocycles. The third kappa shape index (κ3) is 3.37. The van der Waals surface area contributed by atoms with Gasteiger partial charge in [0.05, 0.1) is 0 Å². The van der Waals surface area contributed by atoms with Crippen LogP contribution in [0.3, 0.4) is 0 Å². The van der Waals surface area contributed by atoms with E-state index < -0.39 is 0 Å². The third-order valence-electron chi connectivity index (χ3n) is 2.51. The van der Waals surface area contributed by atoms with Crippen molar-refractivity contribution in [1.82, 2.24) is 5.32 Å². The van der Waals surface area contributed by atoms with E-state index in [1.165, 1.54) is 0 Å². The van der Waals surface area contributed by atoms with Gasteiger partial charge in [-0.25, -0.2) is 0 Å². The first-order valence-electron chi connectivity index (χ1n) is 5.47. The summed E-state index contributed by atoms with van der Waals surface area (Å²) >= 11 is 7.67. The van der Waals surface area contributed by atoms with Crippen molar-refractivity contribution in [3.05, 3.63) is 64.1 Å². The Morgan fingerprint density at radius 2 is 1.94 bits per heavy atom. The number of amides is 1. The summed E-state index contributed by atoms with van der Waals surface area (Å²) in [7, 11) is 0. The number of halogens is 1. The van der Waals surface area contributed by atoms with Crippen molar-refractivity contribution >= 4 is 34.5 Å². The van der Waals surface area contributed by atoms with Gasteiger partial charge in [-0.1, -0.05) is 40.2 Å². The number of rotatable bonds is 3. The predicted molar refractivity (Wildman–Crippen MR) is 79.0 cm³/mol. The second-order valence-electron chi connectivity index (χ2n) is 3.82. The number of carbonyl (C=O) groups is 1. The van der Waals surface area contributed by atoms with Gasteiger partial charge in [0.15, 0.2) is 0 Å². The van der Waals surface area contributed by atoms with Crippen LogP contribution in [0.4, 0.5) is 0 Å². The number of benzene rings is 2. The van der Waals surface area contributed by atoms with Crippen LogP contribution in [0.15, 0.2) is 57.9 Å². The van der Waals surface area contributed by atoms with Crippen LogP contribution in [-0.4, -0.2) is 5.91 Å². The van der Waals surface area contributed by atoms with Crippen LogP contribution < -0.4 is 5.32 Å². The Labute approximate surface area is 120 Å². The lowest BCUT2D eigenvalue weighted by Gasteiger charge is -2.07. The van der Waals surface area contributed by atoms with E-state index in [2.05, 4.69) is 33.9 Å². The van der Waals surface area contributed by atoms with Gasteiger partial charge in [-0.05, 0) is 29.8 Å². The topological polar surface area (TPSA) is 29.1 Å². The highest BCUT2D eigenvalue weighted by Gasteiger charge is 2.06. The van der Waals surface area contributed by atoms with Crippen LogP contribution in [0.5, 0.6) is 0 Å². The molecule has 0 aliphatic rings. The van der Waals surface area contributed by atoms with E-state index in [4.69, 9.17) is 0 Å². The SMILES string of the molecule is O=C(NCc1ccccc1Br)c1cccc(S)c1. The lowest BCUT2D eigenvalue weighted by molar-refractivity contribution is 0.0950. The van der Waals surface area contributed by atoms with Gasteiger partial charge in [-0.2, -0.15) is 0 Å². The zero-order chi connectivity index (χ0) is 13.0. The van der Waals surface area contributed by atoms with Crippen molar-refractivity contribution in [2.45, 2.75) is 11.4 Å². The molecule has 2 aromatic carbocycles. The molecule has 92 valence electrons. The van der Waals surface area contributed by atoms with Gasteiger partial charge in [0.2, 0.25) is 0 Å². The maximum absolute atomic E-state index is 11.9. The fraction of sp³-hybridized carbons (Fsp3) is 0.0714. The molecule has 0 aromatic heterocycles. The zero-order valence-electron chi connectivity index (χ0n) is 9.56. The molecule has 0 radical (unpaired) electrons. The molecule has 0 spiro atoms. The lowest BCUT2D eigenvalue weighted by Crippen LogP contribution is -2.22. The highest BCUT2D eigenvalue weighted by molar-refractivity contribution is 9.10. The van der Waals surface area contributed by atoms with E-state index in [9.17, 15) is 4.79 Å². The Bertz CT molecular complexity index is 571. The molecule has 0 aliphatic heterocycles. The molecular formula is C14H12BrNOS. The quantitative estimate of drug-likeness (QED) is 0.830. The minimum Gasteiger partial charge on any atom is -0.348 e. The summed E-state index contributed by atoms with van der Waals surface area (Å²) in [6.45, 7) is 0.497. The Morgan fingerprint density at radius 1 is 1.17 bits per heavy atom. The third-order valence-corrected chi connectivity index (χ3v) is 3.56. The monoisotopic (exact) mass is 321 g/mol. The van der Waals surface area contributed by atoms with Gasteiger partial charge in [-0.3, -0.25) is 4.79 Å². The highest BCUT2D eigenvalue weighted by atomic mass is 79.9. The molecule has 0 aliphatic carbocycles. The number of nitrogens with one attached hydrogen (secondary N) is 1. The normalized spacial score (nSPS) is 10.1. The number of hydrogen-bond acceptors (Lipinski definition) is 2. The average Bonchev–Trinajstić information content (AvgIpc) is 2.37. The summed E-state index contributed by atoms with van der Waals surface area (Å²) in [6, 6.07) is 15.0. The van der Waals surface area contributed by atoms with Crippen molar-refractivity contribution in [2.75, 3.05) is 0 Å². The van der Waals surface area contributed by atoms with Crippen molar-refractivity contribution in [3.63, 3.8) is 0 Å². The summed E-state index contributed by atoms with van der Waals surface area (Å²) in [5, 5.41) is 2.88. The molecule has 2 aromatic rings. The van der Waals surface area contributed by atoms with Crippen LogP contribution in [0.25, 0.3) is 0 Å². The standard InChI is InChI=1S/C14H12BrNOS/c15-13-7-2-1-4-11(13)9-16-14(17)10-5-3-6-12(18)8-10/h1-8,18H,9H2,(H,16,17). The van der Waals surface area contributed by atoms with Gasteiger partial charge in [-0.15, -0.1) is 12.6 Å². The summed E-state index contributed by atoms with van der Waals surface area (Å²) in [5.74, 6) is -0.0957. The molecule has 0 bridgehead atoms. The first kappa shape index (κ1) is 13.2. The predicted octanol–water partition coefficient (Wildman–Crippen LogP) is 3.67. The van der Waals surface area contributed by atoms with Crippen LogP contribution in [0.2, 0.25) is 0 Å². The lowest BCUT2D eigenvalue weighted by atomic mass is 10.2. The van der Waals surface area contributed by atoms with Gasteiger partial charge in [0, 0.05) is 21.5 Å². The molecule has 0 unspecified atom stereocenters. The fourth-order valence-electron chi connectivity index (χ4n) is 1.57. The van der Waals surface area contributed by atoms with Crippen LogP contribution >= 0.6 is 28.6 Å². The molecule has 1 amide bonds. The molecule has 0 saturated carbocycles. The van der Waals surface area contributed by atoms with E-state index in [1.54, 1.807) is 12.1 Å². The van der Waals surface area contributed by atoms with E-state index in [0.717, 1.165) is 14.9 Å². The second-order valence-corrected chi connectivity index (χ2v) is 5.20. The van der Waals surface area contributed by atoms with Crippen LogP contribution in [-0.2, 0) is 6.54 Å². The number of hydrogen-bond donors (Lipinski definition) is 2. The molecule has 0 heterocycles. The first-order valence-corrected chi connectivity index (χ1v) is 6.71. The molecule has 2 nitrogen and oxygen atoms in total. The molecule has 18 heavy (non-hydrogen) atoms. The van der Waals surface area contributed by atoms with E-state index >= 15 is 0 Å². The second kappa shape index (κ2) is 6.07. The summed E-state index contributed by atoms with van der Waals surface area (Å²) in [4.78, 5) is 12.7. The number of thiol groups is 1. The van der Waals surface area contributed by atoms with Crippen LogP contribution in [0.1, 0.15) is 15.9 Å². The summed E-state index contributed by atoms with van der Waals surface area (Å²) in [6.07, 6.45) is 0. The van der Waals surface area contributed by atoms with Crippen molar-refractivity contribution < 1.29 is 4.79 Å². The Kier molecular flexibility index (Phi) is 4.44. The van der Waals surface area contributed by atoms with Gasteiger partial charge in [0.1, 0.15) is 0 Å². The van der Waals surface area contributed by atoms with Crippen LogP contribution in [0, 0.1) is 0 Å². The van der Waals surface area contributed by atoms with E-state index in [1.807, 2.05) is 36.4 Å². The average molecular weight is 322 g/mol. The largest absolute Gasteiger partial charge is 0.348 e. The van der Waals surface area contributed by atoms with Crippen molar-refractivity contribution in [3.8, 4) is 0 Å². The van der Waals surface area contributed by atoms with Crippen molar-refractivity contribution in [2.24, 2.45) is 0 Å². The van der Waals surface area contributed by atoms with E-state index in [-0.39, 0.29) is 5.91 Å². The molecule has 0 atom stereocenters. The zero-order valence-corrected chi connectivity index (χ0v) is 12.0. The van der Waals surface area contributed by atoms with Gasteiger partial charge < -0.3 is 5.32 Å².